The number of alkyl halides is 3. The van der Waals surface area contributed by atoms with Gasteiger partial charge in [0.05, 0.1) is 18.4 Å². The Morgan fingerprint density at radius 1 is 1.56 bits per heavy atom. The molecule has 0 unspecified atom stereocenters. The zero-order chi connectivity index (χ0) is 13.2. The third-order valence-electron chi connectivity index (χ3n) is 2.85. The van der Waals surface area contributed by atoms with Gasteiger partial charge in [-0.3, -0.25) is 9.48 Å². The zero-order valence-electron chi connectivity index (χ0n) is 9.61. The fraction of sp³-hybridized carbons (Fsp3) is 0.636. The smallest absolute Gasteiger partial charge is 0.381 e. The van der Waals surface area contributed by atoms with Gasteiger partial charge in [-0.15, -0.1) is 0 Å². The van der Waals surface area contributed by atoms with Crippen LogP contribution >= 0.6 is 0 Å². The van der Waals surface area contributed by atoms with E-state index in [2.05, 4.69) is 5.10 Å². The molecule has 1 aromatic heterocycles. The lowest BCUT2D eigenvalue weighted by Gasteiger charge is -2.21. The minimum absolute atomic E-state index is 0.243. The number of Topliss-reactive ketones (excluding diaryl/α,β-unsaturated/α-hetero) is 1. The number of rotatable bonds is 3. The second-order valence-corrected chi connectivity index (χ2v) is 4.36. The van der Waals surface area contributed by atoms with Gasteiger partial charge in [0, 0.05) is 25.3 Å². The second-order valence-electron chi connectivity index (χ2n) is 4.36. The van der Waals surface area contributed by atoms with Crippen LogP contribution in [0.1, 0.15) is 23.2 Å². The standard InChI is InChI=1S/C11H13F3N2O2/c12-11(13,14)10(17)9-4-15-16(6-9)5-8-2-1-3-18-7-8/h4,6,8H,1-3,5,7H2/t8-/m0/s1. The van der Waals surface area contributed by atoms with Crippen molar-refractivity contribution in [1.82, 2.24) is 9.78 Å². The van der Waals surface area contributed by atoms with Crippen LogP contribution in [-0.4, -0.2) is 35.0 Å². The fourth-order valence-corrected chi connectivity index (χ4v) is 1.96. The number of carbonyl (C=O) groups excluding carboxylic acids is 1. The van der Waals surface area contributed by atoms with E-state index in [1.165, 1.54) is 4.68 Å². The molecular formula is C11H13F3N2O2. The molecule has 0 amide bonds. The molecule has 0 bridgehead atoms. The average Bonchev–Trinajstić information content (AvgIpc) is 2.76. The number of ketones is 1. The molecule has 1 aromatic rings. The lowest BCUT2D eigenvalue weighted by atomic mass is 10.0. The maximum Gasteiger partial charge on any atom is 0.454 e. The summed E-state index contributed by atoms with van der Waals surface area (Å²) in [7, 11) is 0. The summed E-state index contributed by atoms with van der Waals surface area (Å²) in [5.74, 6) is -1.61. The first kappa shape index (κ1) is 13.1. The number of hydrogen-bond acceptors (Lipinski definition) is 3. The van der Waals surface area contributed by atoms with Crippen LogP contribution in [0.25, 0.3) is 0 Å². The van der Waals surface area contributed by atoms with Gasteiger partial charge in [-0.1, -0.05) is 0 Å². The molecule has 0 spiro atoms. The van der Waals surface area contributed by atoms with E-state index in [9.17, 15) is 18.0 Å². The number of nitrogens with zero attached hydrogens (tertiary/aromatic N) is 2. The van der Waals surface area contributed by atoms with E-state index in [1.807, 2.05) is 0 Å². The van der Waals surface area contributed by atoms with E-state index in [0.717, 1.165) is 31.8 Å². The van der Waals surface area contributed by atoms with E-state index >= 15 is 0 Å². The number of carbonyl (C=O) groups is 1. The number of halogens is 3. The van der Waals surface area contributed by atoms with Gasteiger partial charge >= 0.3 is 6.18 Å². The van der Waals surface area contributed by atoms with Gasteiger partial charge in [0.1, 0.15) is 0 Å². The summed E-state index contributed by atoms with van der Waals surface area (Å²) in [6, 6.07) is 0. The lowest BCUT2D eigenvalue weighted by molar-refractivity contribution is -0.0885. The maximum absolute atomic E-state index is 12.2. The number of aromatic nitrogens is 2. The van der Waals surface area contributed by atoms with Crippen molar-refractivity contribution in [2.24, 2.45) is 5.92 Å². The summed E-state index contributed by atoms with van der Waals surface area (Å²) in [6.07, 6.45) is -0.839. The summed E-state index contributed by atoms with van der Waals surface area (Å²) in [6.45, 7) is 1.79. The predicted octanol–water partition coefficient (Wildman–Crippen LogP) is 2.05. The first-order valence-corrected chi connectivity index (χ1v) is 5.68. The van der Waals surface area contributed by atoms with Crippen LogP contribution in [0, 0.1) is 5.92 Å². The molecule has 1 aliphatic rings. The third-order valence-corrected chi connectivity index (χ3v) is 2.85. The van der Waals surface area contributed by atoms with Crippen molar-refractivity contribution in [1.29, 1.82) is 0 Å². The highest BCUT2D eigenvalue weighted by Crippen LogP contribution is 2.21. The third kappa shape index (κ3) is 3.10. The van der Waals surface area contributed by atoms with Gasteiger partial charge in [-0.05, 0) is 12.8 Å². The molecule has 0 aliphatic carbocycles. The molecule has 2 rings (SSSR count). The van der Waals surface area contributed by atoms with Crippen LogP contribution in [0.5, 0.6) is 0 Å². The Hall–Kier alpha value is -1.37. The average molecular weight is 262 g/mol. The van der Waals surface area contributed by atoms with Crippen molar-refractivity contribution in [3.05, 3.63) is 18.0 Å². The van der Waals surface area contributed by atoms with Crippen LogP contribution in [0.15, 0.2) is 12.4 Å². The number of ether oxygens (including phenoxy) is 1. The van der Waals surface area contributed by atoms with Gasteiger partial charge in [0.2, 0.25) is 0 Å². The summed E-state index contributed by atoms with van der Waals surface area (Å²) in [5, 5.41) is 3.79. The molecule has 100 valence electrons. The zero-order valence-corrected chi connectivity index (χ0v) is 9.61. The van der Waals surface area contributed by atoms with Crippen LogP contribution in [0.2, 0.25) is 0 Å². The monoisotopic (exact) mass is 262 g/mol. The van der Waals surface area contributed by atoms with Crippen molar-refractivity contribution < 1.29 is 22.7 Å². The van der Waals surface area contributed by atoms with Gasteiger partial charge in [-0.2, -0.15) is 18.3 Å². The lowest BCUT2D eigenvalue weighted by Crippen LogP contribution is -2.23. The van der Waals surface area contributed by atoms with Gasteiger partial charge in [0.25, 0.3) is 5.78 Å². The topological polar surface area (TPSA) is 44.1 Å². The molecule has 18 heavy (non-hydrogen) atoms. The Kier molecular flexibility index (Phi) is 3.70. The summed E-state index contributed by atoms with van der Waals surface area (Å²) in [5.41, 5.74) is -0.417. The van der Waals surface area contributed by atoms with Crippen molar-refractivity contribution in [3.8, 4) is 0 Å². The predicted molar refractivity (Wildman–Crippen MR) is 56.2 cm³/mol. The van der Waals surface area contributed by atoms with Crippen molar-refractivity contribution in [2.75, 3.05) is 13.2 Å². The molecule has 0 radical (unpaired) electrons. The molecule has 0 aromatic carbocycles. The van der Waals surface area contributed by atoms with Gasteiger partial charge < -0.3 is 4.74 Å². The molecular weight excluding hydrogens is 249 g/mol. The molecule has 4 nitrogen and oxygen atoms in total. The molecule has 1 saturated heterocycles. The number of hydrogen-bond donors (Lipinski definition) is 0. The highest BCUT2D eigenvalue weighted by Gasteiger charge is 2.40. The van der Waals surface area contributed by atoms with Crippen LogP contribution in [-0.2, 0) is 11.3 Å². The highest BCUT2D eigenvalue weighted by molar-refractivity contribution is 5.99. The second kappa shape index (κ2) is 5.09. The van der Waals surface area contributed by atoms with E-state index in [4.69, 9.17) is 4.74 Å². The highest BCUT2D eigenvalue weighted by atomic mass is 19.4. The Balaban J connectivity index is 1.99. The molecule has 7 heteroatoms. The minimum Gasteiger partial charge on any atom is -0.381 e. The normalized spacial score (nSPS) is 20.9. The Bertz CT molecular complexity index is 422. The molecule has 2 heterocycles. The Morgan fingerprint density at radius 2 is 2.33 bits per heavy atom. The van der Waals surface area contributed by atoms with Crippen LogP contribution in [0.4, 0.5) is 13.2 Å². The maximum atomic E-state index is 12.2. The largest absolute Gasteiger partial charge is 0.454 e. The summed E-state index contributed by atoms with van der Waals surface area (Å²) in [4.78, 5) is 11.0. The molecule has 0 N–H and O–H groups in total. The first-order valence-electron chi connectivity index (χ1n) is 5.68. The summed E-state index contributed by atoms with van der Waals surface area (Å²) < 4.78 is 43.2. The van der Waals surface area contributed by atoms with E-state index in [-0.39, 0.29) is 5.92 Å². The van der Waals surface area contributed by atoms with Crippen LogP contribution in [0.3, 0.4) is 0 Å². The first-order chi connectivity index (χ1) is 8.47. The quantitative estimate of drug-likeness (QED) is 0.783. The minimum atomic E-state index is -4.85. The molecule has 0 saturated carbocycles. The summed E-state index contributed by atoms with van der Waals surface area (Å²) >= 11 is 0. The Labute approximate surface area is 102 Å². The molecule has 1 fully saturated rings. The van der Waals surface area contributed by atoms with Crippen LogP contribution < -0.4 is 0 Å². The SMILES string of the molecule is O=C(c1cnn(C[C@@H]2CCCOC2)c1)C(F)(F)F. The Morgan fingerprint density at radius 3 is 2.94 bits per heavy atom. The van der Waals surface area contributed by atoms with Crippen molar-refractivity contribution in [2.45, 2.75) is 25.6 Å². The molecule has 1 aliphatic heterocycles. The van der Waals surface area contributed by atoms with Crippen molar-refractivity contribution in [3.63, 3.8) is 0 Å². The van der Waals surface area contributed by atoms with Gasteiger partial charge in [-0.25, -0.2) is 0 Å². The van der Waals surface area contributed by atoms with E-state index in [0.29, 0.717) is 13.2 Å². The fourth-order valence-electron chi connectivity index (χ4n) is 1.96. The van der Waals surface area contributed by atoms with Gasteiger partial charge in [0.15, 0.2) is 0 Å². The van der Waals surface area contributed by atoms with Crippen molar-refractivity contribution >= 4 is 5.78 Å². The van der Waals surface area contributed by atoms with E-state index < -0.39 is 17.5 Å². The molecule has 1 atom stereocenters. The van der Waals surface area contributed by atoms with E-state index in [1.54, 1.807) is 0 Å².